The highest BCUT2D eigenvalue weighted by atomic mass is 35.5. The van der Waals surface area contributed by atoms with E-state index in [0.29, 0.717) is 15.5 Å². The Morgan fingerprint density at radius 3 is 2.62 bits per heavy atom. The lowest BCUT2D eigenvalue weighted by molar-refractivity contribution is -0.112. The van der Waals surface area contributed by atoms with Gasteiger partial charge in [0.2, 0.25) is 0 Å². The van der Waals surface area contributed by atoms with Gasteiger partial charge in [0.15, 0.2) is 5.78 Å². The van der Waals surface area contributed by atoms with Crippen molar-refractivity contribution in [1.82, 2.24) is 0 Å². The van der Waals surface area contributed by atoms with Gasteiger partial charge < -0.3 is 5.32 Å². The number of carbonyl (C=O) groups is 1. The van der Waals surface area contributed by atoms with Gasteiger partial charge in [0, 0.05) is 4.90 Å². The molecule has 0 aromatic heterocycles. The molecule has 2 aromatic carbocycles. The number of halogens is 2. The summed E-state index contributed by atoms with van der Waals surface area (Å²) in [5, 5.41) is 3.26. The highest BCUT2D eigenvalue weighted by Crippen LogP contribution is 2.44. The molecule has 0 fully saturated rings. The molecule has 106 valence electrons. The first-order valence-electron chi connectivity index (χ1n) is 6.31. The van der Waals surface area contributed by atoms with Crippen molar-refractivity contribution in [3.05, 3.63) is 63.8 Å². The Hall–Kier alpha value is -1.78. The van der Waals surface area contributed by atoms with E-state index in [1.165, 1.54) is 24.8 Å². The maximum Gasteiger partial charge on any atom is 0.168 e. The lowest BCUT2D eigenvalue weighted by Gasteiger charge is -2.23. The van der Waals surface area contributed by atoms with Crippen LogP contribution in [0.3, 0.4) is 0 Å². The first-order chi connectivity index (χ1) is 10.1. The van der Waals surface area contributed by atoms with Gasteiger partial charge in [0.05, 0.1) is 21.3 Å². The predicted molar refractivity (Wildman–Crippen MR) is 84.9 cm³/mol. The van der Waals surface area contributed by atoms with Gasteiger partial charge in [-0.15, -0.1) is 0 Å². The fourth-order valence-electron chi connectivity index (χ4n) is 2.12. The minimum Gasteiger partial charge on any atom is -0.353 e. The van der Waals surface area contributed by atoms with Gasteiger partial charge in [-0.25, -0.2) is 4.39 Å². The molecular formula is C16H11ClFNOS. The maximum atomic E-state index is 13.6. The lowest BCUT2D eigenvalue weighted by Crippen LogP contribution is -2.11. The number of thioether (sulfide) groups is 1. The van der Waals surface area contributed by atoms with Gasteiger partial charge >= 0.3 is 0 Å². The maximum absolute atomic E-state index is 13.6. The van der Waals surface area contributed by atoms with Crippen molar-refractivity contribution in [1.29, 1.82) is 0 Å². The first-order valence-corrected chi connectivity index (χ1v) is 7.50. The molecule has 2 nitrogen and oxygen atoms in total. The summed E-state index contributed by atoms with van der Waals surface area (Å²) in [4.78, 5) is 13.1. The molecule has 3 rings (SSSR count). The minimum atomic E-state index is -0.490. The Morgan fingerprint density at radius 1 is 1.24 bits per heavy atom. The van der Waals surface area contributed by atoms with Gasteiger partial charge in [-0.2, -0.15) is 0 Å². The molecule has 0 atom stereocenters. The number of Topliss-reactive ketones (excluding diaryl/α,β-unsaturated/α-hetero) is 1. The predicted octanol–water partition coefficient (Wildman–Crippen LogP) is 4.95. The number of rotatable bonds is 2. The van der Waals surface area contributed by atoms with Gasteiger partial charge in [0.25, 0.3) is 0 Å². The van der Waals surface area contributed by atoms with Crippen LogP contribution in [-0.2, 0) is 4.79 Å². The molecule has 1 heterocycles. The Bertz CT molecular complexity index is 758. The van der Waals surface area contributed by atoms with Gasteiger partial charge in [0.1, 0.15) is 5.82 Å². The quantitative estimate of drug-likeness (QED) is 0.848. The Kier molecular flexibility index (Phi) is 3.74. The van der Waals surface area contributed by atoms with Crippen LogP contribution in [0.2, 0.25) is 5.02 Å². The van der Waals surface area contributed by atoms with Crippen LogP contribution < -0.4 is 5.32 Å². The summed E-state index contributed by atoms with van der Waals surface area (Å²) in [5.41, 5.74) is 2.33. The van der Waals surface area contributed by atoms with Crippen molar-refractivity contribution >= 4 is 40.5 Å². The highest BCUT2D eigenvalue weighted by Gasteiger charge is 2.23. The van der Waals surface area contributed by atoms with Crippen LogP contribution in [0.4, 0.5) is 10.1 Å². The number of hydrogen-bond acceptors (Lipinski definition) is 3. The van der Waals surface area contributed by atoms with Crippen molar-refractivity contribution < 1.29 is 9.18 Å². The second kappa shape index (κ2) is 5.54. The summed E-state index contributed by atoms with van der Waals surface area (Å²) in [7, 11) is 0. The van der Waals surface area contributed by atoms with E-state index in [0.717, 1.165) is 11.3 Å². The molecule has 0 radical (unpaired) electrons. The molecule has 2 aromatic rings. The van der Waals surface area contributed by atoms with E-state index < -0.39 is 5.82 Å². The number of anilines is 1. The normalized spacial score (nSPS) is 13.7. The van der Waals surface area contributed by atoms with Crippen molar-refractivity contribution in [2.75, 3.05) is 5.32 Å². The van der Waals surface area contributed by atoms with Crippen LogP contribution in [0.15, 0.2) is 52.3 Å². The van der Waals surface area contributed by atoms with Crippen molar-refractivity contribution in [3.8, 4) is 0 Å². The molecule has 0 saturated carbocycles. The molecule has 5 heteroatoms. The molecule has 0 spiro atoms. The number of allylic oxidation sites excluding steroid dienone is 1. The number of fused-ring (bicyclic) bond motifs is 1. The minimum absolute atomic E-state index is 0.0561. The topological polar surface area (TPSA) is 29.1 Å². The van der Waals surface area contributed by atoms with Gasteiger partial charge in [-0.3, -0.25) is 4.79 Å². The van der Waals surface area contributed by atoms with E-state index in [1.807, 2.05) is 30.3 Å². The summed E-state index contributed by atoms with van der Waals surface area (Å²) in [6, 6.07) is 12.4. The number of nitrogens with one attached hydrogen (secondary N) is 1. The Balaban J connectivity index is 2.13. The number of benzene rings is 2. The van der Waals surface area contributed by atoms with Crippen LogP contribution in [0.25, 0.3) is 5.70 Å². The molecular weight excluding hydrogens is 309 g/mol. The fourth-order valence-corrected chi connectivity index (χ4v) is 3.30. The standard InChI is InChI=1S/C16H11ClFNOS/c1-9(20)16-15(10-5-3-2-4-6-10)19-13-7-11(17)12(18)8-14(13)21-16/h2-8,19H,1H3. The van der Waals surface area contributed by atoms with E-state index in [2.05, 4.69) is 5.32 Å². The SMILES string of the molecule is CC(=O)C1=C(c2ccccc2)Nc2cc(Cl)c(F)cc2S1. The van der Waals surface area contributed by atoms with E-state index >= 15 is 0 Å². The van der Waals surface area contributed by atoms with E-state index in [-0.39, 0.29) is 10.8 Å². The van der Waals surface area contributed by atoms with E-state index in [9.17, 15) is 9.18 Å². The average Bonchev–Trinajstić information content (AvgIpc) is 2.48. The van der Waals surface area contributed by atoms with Crippen molar-refractivity contribution in [3.63, 3.8) is 0 Å². The molecule has 0 amide bonds. The second-order valence-corrected chi connectivity index (χ2v) is 6.08. The van der Waals surface area contributed by atoms with E-state index in [4.69, 9.17) is 11.6 Å². The lowest BCUT2D eigenvalue weighted by atomic mass is 10.1. The molecule has 0 saturated heterocycles. The Morgan fingerprint density at radius 2 is 1.95 bits per heavy atom. The third kappa shape index (κ3) is 2.69. The zero-order chi connectivity index (χ0) is 15.0. The van der Waals surface area contributed by atoms with Crippen LogP contribution in [0.5, 0.6) is 0 Å². The van der Waals surface area contributed by atoms with Crippen molar-refractivity contribution in [2.45, 2.75) is 11.8 Å². The fraction of sp³-hybridized carbons (Fsp3) is 0.0625. The van der Waals surface area contributed by atoms with Crippen LogP contribution in [-0.4, -0.2) is 5.78 Å². The number of hydrogen-bond donors (Lipinski definition) is 1. The molecule has 0 unspecified atom stereocenters. The summed E-state index contributed by atoms with van der Waals surface area (Å²) in [6.45, 7) is 1.50. The monoisotopic (exact) mass is 319 g/mol. The highest BCUT2D eigenvalue weighted by molar-refractivity contribution is 8.04. The van der Waals surface area contributed by atoms with E-state index in [1.54, 1.807) is 6.07 Å². The second-order valence-electron chi connectivity index (χ2n) is 4.62. The molecule has 0 aliphatic carbocycles. The Labute approximate surface area is 131 Å². The van der Waals surface area contributed by atoms with Crippen LogP contribution >= 0.6 is 23.4 Å². The molecule has 21 heavy (non-hydrogen) atoms. The zero-order valence-electron chi connectivity index (χ0n) is 11.1. The third-order valence-corrected chi connectivity index (χ3v) is 4.65. The smallest absolute Gasteiger partial charge is 0.168 e. The summed E-state index contributed by atoms with van der Waals surface area (Å²) in [5.74, 6) is -0.553. The molecule has 0 bridgehead atoms. The summed E-state index contributed by atoms with van der Waals surface area (Å²) in [6.07, 6.45) is 0. The number of carbonyl (C=O) groups excluding carboxylic acids is 1. The average molecular weight is 320 g/mol. The molecule has 1 aliphatic rings. The van der Waals surface area contributed by atoms with Crippen LogP contribution in [0.1, 0.15) is 12.5 Å². The van der Waals surface area contributed by atoms with Gasteiger partial charge in [-0.1, -0.05) is 53.7 Å². The first kappa shape index (κ1) is 14.2. The number of ketones is 1. The van der Waals surface area contributed by atoms with Gasteiger partial charge in [-0.05, 0) is 24.6 Å². The summed E-state index contributed by atoms with van der Waals surface area (Å²) < 4.78 is 13.6. The van der Waals surface area contributed by atoms with Crippen LogP contribution in [0, 0.1) is 5.82 Å². The van der Waals surface area contributed by atoms with Crippen molar-refractivity contribution in [2.24, 2.45) is 0 Å². The largest absolute Gasteiger partial charge is 0.353 e. The summed E-state index contributed by atoms with van der Waals surface area (Å²) >= 11 is 7.09. The zero-order valence-corrected chi connectivity index (χ0v) is 12.7. The molecule has 1 aliphatic heterocycles. The molecule has 1 N–H and O–H groups in total. The third-order valence-electron chi connectivity index (χ3n) is 3.10.